The number of aldehydes is 1. The highest BCUT2D eigenvalue weighted by atomic mass is 16.5. The molecule has 5 nitrogen and oxygen atoms in total. The smallest absolute Gasteiger partial charge is 0.182 e. The Kier molecular flexibility index (Phi) is 4.20. The zero-order valence-corrected chi connectivity index (χ0v) is 10.2. The van der Waals surface area contributed by atoms with Crippen molar-refractivity contribution in [3.63, 3.8) is 0 Å². The summed E-state index contributed by atoms with van der Waals surface area (Å²) < 4.78 is 4.96. The summed E-state index contributed by atoms with van der Waals surface area (Å²) in [5, 5.41) is 19.7. The summed E-state index contributed by atoms with van der Waals surface area (Å²) >= 11 is 0. The van der Waals surface area contributed by atoms with Gasteiger partial charge in [0.15, 0.2) is 17.8 Å². The number of hydrogen-bond acceptors (Lipinski definition) is 5. The summed E-state index contributed by atoms with van der Waals surface area (Å²) in [6, 6.07) is 1.37. The van der Waals surface area contributed by atoms with Crippen LogP contribution in [0.5, 0.6) is 17.2 Å². The van der Waals surface area contributed by atoms with Gasteiger partial charge in [0.05, 0.1) is 12.8 Å². The van der Waals surface area contributed by atoms with Crippen molar-refractivity contribution < 1.29 is 19.7 Å². The zero-order valence-electron chi connectivity index (χ0n) is 10.2. The van der Waals surface area contributed by atoms with Crippen LogP contribution in [0.3, 0.4) is 0 Å². The highest BCUT2D eigenvalue weighted by Gasteiger charge is 2.20. The lowest BCUT2D eigenvalue weighted by atomic mass is 10.1. The van der Waals surface area contributed by atoms with E-state index in [1.807, 2.05) is 18.7 Å². The molecule has 0 aromatic heterocycles. The number of methoxy groups -OCH3 is 1. The van der Waals surface area contributed by atoms with Gasteiger partial charge in [-0.25, -0.2) is 0 Å². The highest BCUT2D eigenvalue weighted by molar-refractivity contribution is 5.88. The lowest BCUT2D eigenvalue weighted by molar-refractivity contribution is 0.111. The third-order valence-electron chi connectivity index (χ3n) is 2.68. The van der Waals surface area contributed by atoms with Gasteiger partial charge in [-0.15, -0.1) is 0 Å². The molecule has 0 unspecified atom stereocenters. The number of phenolic OH excluding ortho intramolecular Hbond substituents is 2. The Bertz CT molecular complexity index is 413. The predicted octanol–water partition coefficient (Wildman–Crippen LogP) is 1.77. The van der Waals surface area contributed by atoms with Gasteiger partial charge in [-0.05, 0) is 13.8 Å². The molecular formula is C12H17NO4. The molecule has 0 bridgehead atoms. The van der Waals surface area contributed by atoms with Crippen LogP contribution in [-0.4, -0.2) is 36.7 Å². The molecule has 0 saturated heterocycles. The first-order valence-electron chi connectivity index (χ1n) is 5.43. The molecule has 0 fully saturated rings. The van der Waals surface area contributed by atoms with Gasteiger partial charge >= 0.3 is 0 Å². The average molecular weight is 239 g/mol. The molecule has 0 amide bonds. The monoisotopic (exact) mass is 239 g/mol. The van der Waals surface area contributed by atoms with Crippen LogP contribution >= 0.6 is 0 Å². The van der Waals surface area contributed by atoms with Gasteiger partial charge in [0, 0.05) is 19.2 Å². The minimum atomic E-state index is -0.198. The fraction of sp³-hybridized carbons (Fsp3) is 0.417. The van der Waals surface area contributed by atoms with Crippen LogP contribution in [0.25, 0.3) is 0 Å². The number of ether oxygens (including phenoxy) is 1. The topological polar surface area (TPSA) is 70.0 Å². The van der Waals surface area contributed by atoms with Crippen molar-refractivity contribution in [2.45, 2.75) is 13.8 Å². The fourth-order valence-electron chi connectivity index (χ4n) is 1.76. The summed E-state index contributed by atoms with van der Waals surface area (Å²) in [6.45, 7) is 5.21. The van der Waals surface area contributed by atoms with E-state index in [4.69, 9.17) is 4.74 Å². The summed E-state index contributed by atoms with van der Waals surface area (Å²) in [4.78, 5) is 12.7. The van der Waals surface area contributed by atoms with Crippen LogP contribution in [0.1, 0.15) is 24.2 Å². The Labute approximate surface area is 100 Å². The molecule has 0 heterocycles. The molecule has 94 valence electrons. The molecule has 1 aromatic carbocycles. The van der Waals surface area contributed by atoms with Crippen molar-refractivity contribution in [1.29, 1.82) is 0 Å². The first-order chi connectivity index (χ1) is 8.10. The maximum atomic E-state index is 10.8. The van der Waals surface area contributed by atoms with Crippen LogP contribution in [-0.2, 0) is 0 Å². The lowest BCUT2D eigenvalue weighted by Crippen LogP contribution is -2.22. The van der Waals surface area contributed by atoms with Crippen LogP contribution in [0.4, 0.5) is 5.69 Å². The summed E-state index contributed by atoms with van der Waals surface area (Å²) in [5.74, 6) is -0.324. The number of anilines is 1. The molecule has 0 aliphatic carbocycles. The Balaban J connectivity index is 3.44. The minimum Gasteiger partial charge on any atom is -0.507 e. The largest absolute Gasteiger partial charge is 0.507 e. The van der Waals surface area contributed by atoms with Gasteiger partial charge in [0.25, 0.3) is 0 Å². The quantitative estimate of drug-likeness (QED) is 0.605. The Morgan fingerprint density at radius 3 is 2.35 bits per heavy atom. The van der Waals surface area contributed by atoms with Crippen LogP contribution in [0.15, 0.2) is 6.07 Å². The van der Waals surface area contributed by atoms with Crippen molar-refractivity contribution in [3.8, 4) is 17.2 Å². The average Bonchev–Trinajstić information content (AvgIpc) is 2.33. The van der Waals surface area contributed by atoms with E-state index in [0.29, 0.717) is 25.1 Å². The van der Waals surface area contributed by atoms with Gasteiger partial charge in [0.2, 0.25) is 0 Å². The number of rotatable bonds is 5. The molecule has 17 heavy (non-hydrogen) atoms. The third kappa shape index (κ3) is 2.27. The van der Waals surface area contributed by atoms with Crippen LogP contribution in [0, 0.1) is 0 Å². The maximum absolute atomic E-state index is 10.8. The van der Waals surface area contributed by atoms with E-state index in [-0.39, 0.29) is 22.8 Å². The van der Waals surface area contributed by atoms with E-state index in [2.05, 4.69) is 0 Å². The zero-order chi connectivity index (χ0) is 13.0. The molecule has 0 atom stereocenters. The fourth-order valence-corrected chi connectivity index (χ4v) is 1.76. The molecule has 2 N–H and O–H groups in total. The number of aromatic hydroxyl groups is 2. The predicted molar refractivity (Wildman–Crippen MR) is 65.3 cm³/mol. The lowest BCUT2D eigenvalue weighted by Gasteiger charge is -2.23. The normalized spacial score (nSPS) is 10.1. The molecule has 1 rings (SSSR count). The number of carbonyl (C=O) groups excluding carboxylic acids is 1. The second-order valence-electron chi connectivity index (χ2n) is 3.50. The highest BCUT2D eigenvalue weighted by Crippen LogP contribution is 2.43. The van der Waals surface area contributed by atoms with Gasteiger partial charge in [-0.2, -0.15) is 0 Å². The first kappa shape index (κ1) is 13.2. The number of nitrogens with zero attached hydrogens (tertiary/aromatic N) is 1. The summed E-state index contributed by atoms with van der Waals surface area (Å²) in [7, 11) is 1.34. The number of benzene rings is 1. The van der Waals surface area contributed by atoms with Crippen molar-refractivity contribution in [1.82, 2.24) is 0 Å². The van der Waals surface area contributed by atoms with Crippen molar-refractivity contribution in [3.05, 3.63) is 11.6 Å². The first-order valence-corrected chi connectivity index (χ1v) is 5.43. The van der Waals surface area contributed by atoms with Crippen LogP contribution in [0.2, 0.25) is 0 Å². The molecule has 0 aliphatic rings. The SMILES string of the molecule is CCN(CC)c1cc(O)c(C=O)c(OC)c1O. The Morgan fingerprint density at radius 1 is 1.35 bits per heavy atom. The van der Waals surface area contributed by atoms with E-state index < -0.39 is 0 Å². The van der Waals surface area contributed by atoms with Gasteiger partial charge in [0.1, 0.15) is 11.3 Å². The maximum Gasteiger partial charge on any atom is 0.182 e. The molecule has 0 spiro atoms. The standard InChI is InChI=1S/C12H17NO4/c1-4-13(5-2)9-6-10(15)8(7-14)12(17-3)11(9)16/h6-7,15-16H,4-5H2,1-3H3. The van der Waals surface area contributed by atoms with E-state index in [1.54, 1.807) is 0 Å². The number of carbonyl (C=O) groups is 1. The summed E-state index contributed by atoms with van der Waals surface area (Å²) in [5.41, 5.74) is 0.413. The number of phenols is 2. The van der Waals surface area contributed by atoms with E-state index in [9.17, 15) is 15.0 Å². The van der Waals surface area contributed by atoms with E-state index in [1.165, 1.54) is 13.2 Å². The molecule has 0 radical (unpaired) electrons. The molecule has 5 heteroatoms. The molecular weight excluding hydrogens is 222 g/mol. The Morgan fingerprint density at radius 2 is 1.94 bits per heavy atom. The van der Waals surface area contributed by atoms with Crippen molar-refractivity contribution in [2.75, 3.05) is 25.1 Å². The third-order valence-corrected chi connectivity index (χ3v) is 2.68. The van der Waals surface area contributed by atoms with Gasteiger partial charge in [-0.1, -0.05) is 0 Å². The minimum absolute atomic E-state index is 0.00176. The molecule has 0 saturated carbocycles. The van der Waals surface area contributed by atoms with Gasteiger partial charge < -0.3 is 19.8 Å². The summed E-state index contributed by atoms with van der Waals surface area (Å²) in [6.07, 6.45) is 0.458. The molecule has 1 aromatic rings. The van der Waals surface area contributed by atoms with Gasteiger partial charge in [-0.3, -0.25) is 4.79 Å². The van der Waals surface area contributed by atoms with Crippen molar-refractivity contribution in [2.24, 2.45) is 0 Å². The second kappa shape index (κ2) is 5.43. The van der Waals surface area contributed by atoms with E-state index >= 15 is 0 Å². The van der Waals surface area contributed by atoms with E-state index in [0.717, 1.165) is 0 Å². The van der Waals surface area contributed by atoms with Crippen molar-refractivity contribution >= 4 is 12.0 Å². The number of hydrogen-bond donors (Lipinski definition) is 2. The Hall–Kier alpha value is -1.91. The molecule has 0 aliphatic heterocycles. The van der Waals surface area contributed by atoms with Crippen LogP contribution < -0.4 is 9.64 Å². The second-order valence-corrected chi connectivity index (χ2v) is 3.50.